The van der Waals surface area contributed by atoms with Crippen LogP contribution in [0, 0.1) is 40.9 Å². The predicted octanol–water partition coefficient (Wildman–Crippen LogP) is 6.57. The van der Waals surface area contributed by atoms with Crippen LogP contribution in [0.2, 0.25) is 0 Å². The molecule has 0 amide bonds. The van der Waals surface area contributed by atoms with Crippen molar-refractivity contribution in [1.82, 2.24) is 0 Å². The van der Waals surface area contributed by atoms with Crippen LogP contribution in [0.15, 0.2) is 12.2 Å². The fraction of sp³-hybridized carbons (Fsp3) is 0.900. The maximum Gasteiger partial charge on any atom is -0.0236 e. The summed E-state index contributed by atoms with van der Waals surface area (Å²) in [6.07, 6.45) is 8.81. The Kier molecular flexibility index (Phi) is 6.35. The number of hydrogen-bond acceptors (Lipinski definition) is 0. The van der Waals surface area contributed by atoms with Gasteiger partial charge in [0.2, 0.25) is 0 Å². The molecule has 20 heavy (non-hydrogen) atoms. The van der Waals surface area contributed by atoms with E-state index in [2.05, 4.69) is 67.5 Å². The number of rotatable bonds is 8. The Balaban J connectivity index is 2.43. The standard InChI is InChI=1S/C20H38/c1-9-10-14(2)15(3)11-16(4)19(7)17(5)12-20(8)13-18(20)6/h9-10,14-19H,11-13H2,1-8H3. The highest BCUT2D eigenvalue weighted by Crippen LogP contribution is 2.56. The molecule has 0 heterocycles. The highest BCUT2D eigenvalue weighted by molar-refractivity contribution is 4.97. The SMILES string of the molecule is CC=CC(C)C(C)CC(C)C(C)C(C)CC1(C)CC1C. The van der Waals surface area contributed by atoms with Crippen molar-refractivity contribution >= 4 is 0 Å². The Morgan fingerprint density at radius 1 is 1.05 bits per heavy atom. The molecule has 0 saturated heterocycles. The average Bonchev–Trinajstić information content (AvgIpc) is 2.95. The Labute approximate surface area is 128 Å². The van der Waals surface area contributed by atoms with Gasteiger partial charge >= 0.3 is 0 Å². The van der Waals surface area contributed by atoms with E-state index in [1.54, 1.807) is 0 Å². The summed E-state index contributed by atoms with van der Waals surface area (Å²) in [4.78, 5) is 0. The van der Waals surface area contributed by atoms with Gasteiger partial charge in [-0.1, -0.05) is 60.6 Å². The van der Waals surface area contributed by atoms with E-state index >= 15 is 0 Å². The molecule has 0 heteroatoms. The van der Waals surface area contributed by atoms with Crippen molar-refractivity contribution < 1.29 is 0 Å². The zero-order valence-electron chi connectivity index (χ0n) is 15.2. The van der Waals surface area contributed by atoms with Crippen LogP contribution in [0.25, 0.3) is 0 Å². The molecule has 1 fully saturated rings. The van der Waals surface area contributed by atoms with E-state index < -0.39 is 0 Å². The Morgan fingerprint density at radius 2 is 1.60 bits per heavy atom. The van der Waals surface area contributed by atoms with Crippen molar-refractivity contribution in [2.45, 2.75) is 74.7 Å². The van der Waals surface area contributed by atoms with Gasteiger partial charge in [-0.2, -0.15) is 0 Å². The van der Waals surface area contributed by atoms with Crippen LogP contribution >= 0.6 is 0 Å². The lowest BCUT2D eigenvalue weighted by Crippen LogP contribution is -2.22. The Morgan fingerprint density at radius 3 is 2.05 bits per heavy atom. The highest BCUT2D eigenvalue weighted by Gasteiger charge is 2.47. The molecule has 0 N–H and O–H groups in total. The smallest absolute Gasteiger partial charge is 0.0236 e. The molecule has 7 atom stereocenters. The van der Waals surface area contributed by atoms with Crippen molar-refractivity contribution in [3.8, 4) is 0 Å². The molecular weight excluding hydrogens is 240 g/mol. The van der Waals surface area contributed by atoms with E-state index in [1.165, 1.54) is 19.3 Å². The van der Waals surface area contributed by atoms with Crippen LogP contribution in [-0.2, 0) is 0 Å². The van der Waals surface area contributed by atoms with Crippen LogP contribution in [0.1, 0.15) is 74.7 Å². The van der Waals surface area contributed by atoms with Gasteiger partial charge in [-0.05, 0) is 67.1 Å². The summed E-state index contributed by atoms with van der Waals surface area (Å²) in [5.41, 5.74) is 0.664. The quantitative estimate of drug-likeness (QED) is 0.440. The molecule has 1 saturated carbocycles. The summed E-state index contributed by atoms with van der Waals surface area (Å²) in [6.45, 7) is 19.3. The van der Waals surface area contributed by atoms with Gasteiger partial charge in [0.25, 0.3) is 0 Å². The Hall–Kier alpha value is -0.260. The van der Waals surface area contributed by atoms with Gasteiger partial charge in [-0.25, -0.2) is 0 Å². The molecule has 0 aromatic rings. The van der Waals surface area contributed by atoms with E-state index in [9.17, 15) is 0 Å². The van der Waals surface area contributed by atoms with Crippen LogP contribution in [0.4, 0.5) is 0 Å². The fourth-order valence-corrected chi connectivity index (χ4v) is 3.92. The van der Waals surface area contributed by atoms with Crippen molar-refractivity contribution in [1.29, 1.82) is 0 Å². The zero-order valence-corrected chi connectivity index (χ0v) is 15.2. The summed E-state index contributed by atoms with van der Waals surface area (Å²) in [6, 6.07) is 0. The molecule has 1 aliphatic rings. The molecule has 0 radical (unpaired) electrons. The molecule has 0 bridgehead atoms. The lowest BCUT2D eigenvalue weighted by molar-refractivity contribution is 0.195. The van der Waals surface area contributed by atoms with E-state index in [1.807, 2.05) is 0 Å². The number of hydrogen-bond donors (Lipinski definition) is 0. The lowest BCUT2D eigenvalue weighted by Gasteiger charge is -2.31. The van der Waals surface area contributed by atoms with Gasteiger partial charge in [0.1, 0.15) is 0 Å². The largest absolute Gasteiger partial charge is 0.0914 e. The molecule has 0 aromatic heterocycles. The summed E-state index contributed by atoms with van der Waals surface area (Å²) in [5.74, 6) is 5.02. The summed E-state index contributed by atoms with van der Waals surface area (Å²) < 4.78 is 0. The first-order chi connectivity index (χ1) is 9.21. The maximum atomic E-state index is 2.49. The highest BCUT2D eigenvalue weighted by atomic mass is 14.5. The van der Waals surface area contributed by atoms with E-state index in [0.29, 0.717) is 11.3 Å². The monoisotopic (exact) mass is 278 g/mol. The minimum Gasteiger partial charge on any atom is -0.0914 e. The summed E-state index contributed by atoms with van der Waals surface area (Å²) in [5, 5.41) is 0. The molecule has 1 aliphatic carbocycles. The average molecular weight is 279 g/mol. The van der Waals surface area contributed by atoms with Gasteiger partial charge < -0.3 is 0 Å². The molecule has 0 nitrogen and oxygen atoms in total. The second-order valence-corrected chi connectivity index (χ2v) is 8.37. The van der Waals surface area contributed by atoms with Gasteiger partial charge in [-0.3, -0.25) is 0 Å². The summed E-state index contributed by atoms with van der Waals surface area (Å²) in [7, 11) is 0. The molecule has 0 aliphatic heterocycles. The molecule has 1 rings (SSSR count). The predicted molar refractivity (Wildman–Crippen MR) is 91.8 cm³/mol. The third kappa shape index (κ3) is 4.64. The van der Waals surface area contributed by atoms with Crippen molar-refractivity contribution in [2.24, 2.45) is 40.9 Å². The molecule has 0 aromatic carbocycles. The summed E-state index contributed by atoms with van der Waals surface area (Å²) >= 11 is 0. The molecule has 118 valence electrons. The first-order valence-electron chi connectivity index (χ1n) is 8.84. The molecule has 0 spiro atoms. The van der Waals surface area contributed by atoms with Crippen molar-refractivity contribution in [3.05, 3.63) is 12.2 Å². The van der Waals surface area contributed by atoms with Crippen LogP contribution in [0.3, 0.4) is 0 Å². The first-order valence-corrected chi connectivity index (χ1v) is 8.84. The van der Waals surface area contributed by atoms with Crippen LogP contribution < -0.4 is 0 Å². The van der Waals surface area contributed by atoms with Crippen molar-refractivity contribution in [2.75, 3.05) is 0 Å². The molecule has 7 unspecified atom stereocenters. The van der Waals surface area contributed by atoms with E-state index in [4.69, 9.17) is 0 Å². The minimum atomic E-state index is 0.664. The normalized spacial score (nSPS) is 33.7. The second-order valence-electron chi connectivity index (χ2n) is 8.37. The van der Waals surface area contributed by atoms with Gasteiger partial charge in [0, 0.05) is 0 Å². The zero-order chi connectivity index (χ0) is 15.5. The third-order valence-corrected chi connectivity index (χ3v) is 6.52. The topological polar surface area (TPSA) is 0 Å². The van der Waals surface area contributed by atoms with Crippen LogP contribution in [0.5, 0.6) is 0 Å². The van der Waals surface area contributed by atoms with Gasteiger partial charge in [0.15, 0.2) is 0 Å². The fourth-order valence-electron chi connectivity index (χ4n) is 3.92. The van der Waals surface area contributed by atoms with Gasteiger partial charge in [-0.15, -0.1) is 0 Å². The lowest BCUT2D eigenvalue weighted by atomic mass is 9.75. The number of allylic oxidation sites excluding steroid dienone is 2. The minimum absolute atomic E-state index is 0.664. The maximum absolute atomic E-state index is 2.49. The van der Waals surface area contributed by atoms with E-state index in [0.717, 1.165) is 29.6 Å². The molecular formula is C20H38. The van der Waals surface area contributed by atoms with Crippen LogP contribution in [-0.4, -0.2) is 0 Å². The third-order valence-electron chi connectivity index (χ3n) is 6.52. The van der Waals surface area contributed by atoms with E-state index in [-0.39, 0.29) is 0 Å². The first kappa shape index (κ1) is 17.8. The van der Waals surface area contributed by atoms with Gasteiger partial charge in [0.05, 0.1) is 0 Å². The second kappa shape index (κ2) is 7.14. The van der Waals surface area contributed by atoms with Crippen molar-refractivity contribution in [3.63, 3.8) is 0 Å². The Bertz CT molecular complexity index is 316.